The Kier molecular flexibility index (Phi) is 25.8. The lowest BCUT2D eigenvalue weighted by Crippen LogP contribution is -3.00. The molecule has 5 heteroatoms. The van der Waals surface area contributed by atoms with Crippen molar-refractivity contribution >= 4 is 10.4 Å². The summed E-state index contributed by atoms with van der Waals surface area (Å²) in [4.78, 5) is 0. The molecule has 3 nitrogen and oxygen atoms in total. The average molecular weight is 438 g/mol. The summed E-state index contributed by atoms with van der Waals surface area (Å²) in [6, 6.07) is 0. The van der Waals surface area contributed by atoms with Gasteiger partial charge < -0.3 is 17.1 Å². The Morgan fingerprint density at radius 3 is 1.36 bits per heavy atom. The second-order valence-corrected chi connectivity index (χ2v) is 10.3. The fourth-order valence-corrected chi connectivity index (χ4v) is 4.40. The smallest absolute Gasteiger partial charge is 0.271 e. The highest BCUT2D eigenvalue weighted by molar-refractivity contribution is 5.96. The molecule has 0 aromatic rings. The minimum absolute atomic E-state index is 0. The predicted molar refractivity (Wildman–Crippen MR) is 122 cm³/mol. The van der Waals surface area contributed by atoms with Crippen LogP contribution in [-0.2, 0) is 4.74 Å². The van der Waals surface area contributed by atoms with Crippen molar-refractivity contribution in [3.63, 3.8) is 0 Å². The van der Waals surface area contributed by atoms with Crippen LogP contribution in [0.3, 0.4) is 0 Å². The van der Waals surface area contributed by atoms with Crippen LogP contribution < -0.4 is 12.4 Å². The Labute approximate surface area is 186 Å². The summed E-state index contributed by atoms with van der Waals surface area (Å²) in [5.41, 5.74) is 0. The molecule has 0 aromatic heterocycles. The third-order valence-corrected chi connectivity index (χ3v) is 6.52. The van der Waals surface area contributed by atoms with E-state index in [4.69, 9.17) is 4.74 Å². The van der Waals surface area contributed by atoms with Gasteiger partial charge in [0.25, 0.3) is 10.4 Å². The molecule has 0 heterocycles. The molecule has 1 unspecified atom stereocenters. The standard InChI is InChI=1S/C23H52NO2Si.ClH/c1-3-5-6-7-8-9-10-11-12-13-14-15-16-17-18-19-21-24(25,27)22-20-23-26-4-2;/h25H,3-23H2,1-2,27H3;1H/q+1;/p-1. The monoisotopic (exact) mass is 437 g/mol. The van der Waals surface area contributed by atoms with Gasteiger partial charge in [0.2, 0.25) is 0 Å². The van der Waals surface area contributed by atoms with Crippen molar-refractivity contribution < 1.29 is 26.7 Å². The zero-order chi connectivity index (χ0) is 20.1. The molecule has 0 aliphatic heterocycles. The molecular weight excluding hydrogens is 386 g/mol. The van der Waals surface area contributed by atoms with Crippen LogP contribution in [-0.4, -0.2) is 46.2 Å². The topological polar surface area (TPSA) is 29.5 Å². The molecule has 0 aliphatic rings. The molecule has 0 saturated carbocycles. The zero-order valence-electron chi connectivity index (χ0n) is 19.5. The predicted octanol–water partition coefficient (Wildman–Crippen LogP) is 3.16. The molecular formula is C23H52ClNO2Si. The van der Waals surface area contributed by atoms with Crippen molar-refractivity contribution in [1.82, 2.24) is 0 Å². The van der Waals surface area contributed by atoms with Gasteiger partial charge in [0.15, 0.2) is 0 Å². The van der Waals surface area contributed by atoms with Gasteiger partial charge in [-0.1, -0.05) is 96.8 Å². The lowest BCUT2D eigenvalue weighted by molar-refractivity contribution is -1.01. The second kappa shape index (κ2) is 23.7. The first-order valence-electron chi connectivity index (χ1n) is 12.3. The van der Waals surface area contributed by atoms with E-state index in [9.17, 15) is 5.21 Å². The molecule has 0 spiro atoms. The number of hydrogen-bond acceptors (Lipinski definition) is 2. The maximum Gasteiger partial charge on any atom is 0.271 e. The maximum atomic E-state index is 10.4. The lowest BCUT2D eigenvalue weighted by Gasteiger charge is -2.27. The molecule has 0 radical (unpaired) electrons. The van der Waals surface area contributed by atoms with Crippen molar-refractivity contribution in [3.05, 3.63) is 0 Å². The summed E-state index contributed by atoms with van der Waals surface area (Å²) in [7, 11) is 0.825. The largest absolute Gasteiger partial charge is 1.00 e. The van der Waals surface area contributed by atoms with E-state index in [1.165, 1.54) is 103 Å². The van der Waals surface area contributed by atoms with E-state index in [0.29, 0.717) is 4.31 Å². The summed E-state index contributed by atoms with van der Waals surface area (Å²) in [6.07, 6.45) is 23.4. The van der Waals surface area contributed by atoms with Crippen LogP contribution in [0.15, 0.2) is 0 Å². The number of rotatable bonds is 22. The lowest BCUT2D eigenvalue weighted by atomic mass is 10.0. The molecule has 0 rings (SSSR count). The highest BCUT2D eigenvalue weighted by Crippen LogP contribution is 2.14. The first-order chi connectivity index (χ1) is 13.1. The number of ether oxygens (including phenoxy) is 1. The van der Waals surface area contributed by atoms with Gasteiger partial charge in [-0.05, 0) is 19.8 Å². The van der Waals surface area contributed by atoms with Crippen LogP contribution in [0.5, 0.6) is 0 Å². The van der Waals surface area contributed by atoms with Gasteiger partial charge in [-0.15, -0.1) is 0 Å². The van der Waals surface area contributed by atoms with Gasteiger partial charge in [0.05, 0.1) is 19.7 Å². The van der Waals surface area contributed by atoms with Gasteiger partial charge >= 0.3 is 0 Å². The minimum Gasteiger partial charge on any atom is -1.00 e. The Bertz CT molecular complexity index is 294. The average Bonchev–Trinajstić information content (AvgIpc) is 2.65. The number of quaternary nitrogens is 1. The van der Waals surface area contributed by atoms with Gasteiger partial charge in [-0.25, -0.2) is 9.52 Å². The molecule has 0 aromatic carbocycles. The van der Waals surface area contributed by atoms with E-state index in [-0.39, 0.29) is 12.4 Å². The van der Waals surface area contributed by atoms with Gasteiger partial charge in [-0.3, -0.25) is 0 Å². The van der Waals surface area contributed by atoms with Gasteiger partial charge in [0.1, 0.15) is 0 Å². The molecule has 172 valence electrons. The molecule has 0 amide bonds. The Balaban J connectivity index is 0. The second-order valence-electron chi connectivity index (χ2n) is 8.64. The summed E-state index contributed by atoms with van der Waals surface area (Å²) < 4.78 is 5.66. The summed E-state index contributed by atoms with van der Waals surface area (Å²) in [6.45, 7) is 7.70. The van der Waals surface area contributed by atoms with E-state index in [2.05, 4.69) is 6.92 Å². The van der Waals surface area contributed by atoms with Crippen LogP contribution >= 0.6 is 0 Å². The van der Waals surface area contributed by atoms with Crippen molar-refractivity contribution in [2.75, 3.05) is 26.3 Å². The first kappa shape index (κ1) is 30.6. The zero-order valence-corrected chi connectivity index (χ0v) is 22.3. The maximum absolute atomic E-state index is 10.4. The molecule has 1 N–H and O–H groups in total. The van der Waals surface area contributed by atoms with Crippen LogP contribution in [0, 0.1) is 0 Å². The Hall–Kier alpha value is 0.387. The van der Waals surface area contributed by atoms with E-state index < -0.39 is 0 Å². The van der Waals surface area contributed by atoms with Crippen molar-refractivity contribution in [2.45, 2.75) is 123 Å². The summed E-state index contributed by atoms with van der Waals surface area (Å²) >= 11 is 0. The number of halogens is 1. The number of nitrogens with zero attached hydrogens (tertiary/aromatic N) is 1. The first-order valence-corrected chi connectivity index (χ1v) is 13.2. The van der Waals surface area contributed by atoms with E-state index in [1.807, 2.05) is 6.92 Å². The van der Waals surface area contributed by atoms with Crippen molar-refractivity contribution in [1.29, 1.82) is 0 Å². The Morgan fingerprint density at radius 2 is 0.964 bits per heavy atom. The van der Waals surface area contributed by atoms with Crippen LogP contribution in [0.25, 0.3) is 0 Å². The number of unbranched alkanes of at least 4 members (excludes halogenated alkanes) is 15. The van der Waals surface area contributed by atoms with Crippen molar-refractivity contribution in [2.24, 2.45) is 0 Å². The minimum atomic E-state index is 0. The third-order valence-electron chi connectivity index (χ3n) is 5.63. The van der Waals surface area contributed by atoms with E-state index in [0.717, 1.165) is 43.1 Å². The molecule has 28 heavy (non-hydrogen) atoms. The highest BCUT2D eigenvalue weighted by atomic mass is 35.5. The normalized spacial score (nSPS) is 13.4. The quantitative estimate of drug-likeness (QED) is 0.160. The fraction of sp³-hybridized carbons (Fsp3) is 1.00. The molecule has 0 saturated heterocycles. The highest BCUT2D eigenvalue weighted by Gasteiger charge is 2.16. The molecule has 0 aliphatic carbocycles. The molecule has 0 fully saturated rings. The van der Waals surface area contributed by atoms with Gasteiger partial charge in [0, 0.05) is 13.0 Å². The number of hydroxylamine groups is 2. The van der Waals surface area contributed by atoms with E-state index >= 15 is 0 Å². The number of hydrogen-bond donors (Lipinski definition) is 1. The SMILES string of the molecule is CCCCCCCCCCCCCCCCCC[N+](O)([SiH3])CCCOCC.[Cl-]. The van der Waals surface area contributed by atoms with Crippen LogP contribution in [0.4, 0.5) is 0 Å². The van der Waals surface area contributed by atoms with Gasteiger partial charge in [-0.2, -0.15) is 0 Å². The van der Waals surface area contributed by atoms with Crippen molar-refractivity contribution in [3.8, 4) is 0 Å². The van der Waals surface area contributed by atoms with Crippen LogP contribution in [0.2, 0.25) is 0 Å². The molecule has 1 atom stereocenters. The van der Waals surface area contributed by atoms with Crippen LogP contribution in [0.1, 0.15) is 123 Å². The Morgan fingerprint density at radius 1 is 0.607 bits per heavy atom. The third kappa shape index (κ3) is 24.4. The fourth-order valence-electron chi connectivity index (χ4n) is 3.76. The van der Waals surface area contributed by atoms with E-state index in [1.54, 1.807) is 0 Å². The summed E-state index contributed by atoms with van der Waals surface area (Å²) in [5, 5.41) is 10.4. The summed E-state index contributed by atoms with van der Waals surface area (Å²) in [5.74, 6) is 0. The molecule has 0 bridgehead atoms.